The van der Waals surface area contributed by atoms with Gasteiger partial charge < -0.3 is 30.5 Å². The Labute approximate surface area is 128 Å². The summed E-state index contributed by atoms with van der Waals surface area (Å²) in [4.78, 5) is 29.8. The van der Waals surface area contributed by atoms with Gasteiger partial charge in [-0.05, 0) is 0 Å². The highest BCUT2D eigenvalue weighted by Gasteiger charge is 2.48. The molecule has 126 valence electrons. The lowest BCUT2D eigenvalue weighted by Crippen LogP contribution is -2.34. The van der Waals surface area contributed by atoms with Crippen molar-refractivity contribution in [3.8, 4) is 0 Å². The quantitative estimate of drug-likeness (QED) is 0.390. The van der Waals surface area contributed by atoms with Gasteiger partial charge in [-0.2, -0.15) is 0 Å². The molecular formula is C10H14N5O7P. The van der Waals surface area contributed by atoms with Crippen LogP contribution in [-0.4, -0.2) is 64.4 Å². The van der Waals surface area contributed by atoms with Crippen LogP contribution in [0.5, 0.6) is 0 Å². The maximum absolute atomic E-state index is 11.1. The first kappa shape index (κ1) is 16.2. The van der Waals surface area contributed by atoms with Crippen LogP contribution in [0.2, 0.25) is 0 Å². The van der Waals surface area contributed by atoms with Crippen molar-refractivity contribution in [3.05, 3.63) is 12.7 Å². The third-order valence-corrected chi connectivity index (χ3v) is 3.93. The SMILES string of the molecule is Nc1ncnc2c1ncn2[C@@H]1O[C@H](CO)[C@H](O)C1OP(=O)(O)O. The van der Waals surface area contributed by atoms with Gasteiger partial charge in [-0.25, -0.2) is 19.5 Å². The van der Waals surface area contributed by atoms with Gasteiger partial charge in [0.05, 0.1) is 12.9 Å². The molecule has 0 bridgehead atoms. The lowest BCUT2D eigenvalue weighted by Gasteiger charge is -2.21. The molecule has 2 aromatic rings. The minimum Gasteiger partial charge on any atom is -0.394 e. The number of anilines is 1. The highest BCUT2D eigenvalue weighted by atomic mass is 31.2. The molecule has 12 nitrogen and oxygen atoms in total. The highest BCUT2D eigenvalue weighted by molar-refractivity contribution is 7.46. The number of nitrogens with zero attached hydrogens (tertiary/aromatic N) is 4. The van der Waals surface area contributed by atoms with Crippen molar-refractivity contribution in [3.63, 3.8) is 0 Å². The van der Waals surface area contributed by atoms with Crippen LogP contribution in [0, 0.1) is 0 Å². The lowest BCUT2D eigenvalue weighted by atomic mass is 10.1. The second-order valence-corrected chi connectivity index (χ2v) is 6.07. The third kappa shape index (κ3) is 2.93. The Kier molecular flexibility index (Phi) is 4.06. The zero-order valence-corrected chi connectivity index (χ0v) is 12.4. The molecule has 0 saturated carbocycles. The lowest BCUT2D eigenvalue weighted by molar-refractivity contribution is -0.0505. The van der Waals surface area contributed by atoms with Crippen molar-refractivity contribution in [2.24, 2.45) is 0 Å². The maximum Gasteiger partial charge on any atom is 0.470 e. The molecule has 0 amide bonds. The van der Waals surface area contributed by atoms with E-state index in [0.717, 1.165) is 0 Å². The van der Waals surface area contributed by atoms with Crippen LogP contribution in [0.15, 0.2) is 12.7 Å². The van der Waals surface area contributed by atoms with E-state index in [1.807, 2.05) is 0 Å². The number of aliphatic hydroxyl groups is 2. The van der Waals surface area contributed by atoms with E-state index < -0.39 is 39.0 Å². The molecule has 3 heterocycles. The van der Waals surface area contributed by atoms with E-state index in [-0.39, 0.29) is 17.0 Å². The molecule has 0 aliphatic carbocycles. The first-order valence-corrected chi connectivity index (χ1v) is 7.96. The summed E-state index contributed by atoms with van der Waals surface area (Å²) >= 11 is 0. The molecule has 1 aliphatic rings. The fraction of sp³-hybridized carbons (Fsp3) is 0.500. The molecule has 0 spiro atoms. The average molecular weight is 347 g/mol. The summed E-state index contributed by atoms with van der Waals surface area (Å²) in [5.41, 5.74) is 6.16. The highest BCUT2D eigenvalue weighted by Crippen LogP contribution is 2.45. The van der Waals surface area contributed by atoms with E-state index in [1.54, 1.807) is 0 Å². The molecule has 1 saturated heterocycles. The van der Waals surface area contributed by atoms with Crippen LogP contribution >= 0.6 is 7.82 Å². The van der Waals surface area contributed by atoms with E-state index >= 15 is 0 Å². The molecular weight excluding hydrogens is 333 g/mol. The summed E-state index contributed by atoms with van der Waals surface area (Å²) in [5, 5.41) is 19.3. The van der Waals surface area contributed by atoms with Crippen LogP contribution < -0.4 is 5.73 Å². The van der Waals surface area contributed by atoms with Crippen molar-refractivity contribution in [2.45, 2.75) is 24.5 Å². The van der Waals surface area contributed by atoms with Crippen molar-refractivity contribution < 1.29 is 33.8 Å². The van der Waals surface area contributed by atoms with Gasteiger partial charge in [-0.3, -0.25) is 9.09 Å². The normalized spacial score (nSPS) is 28.5. The van der Waals surface area contributed by atoms with Gasteiger partial charge >= 0.3 is 7.82 Å². The molecule has 1 aliphatic heterocycles. The minimum atomic E-state index is -4.91. The summed E-state index contributed by atoms with van der Waals surface area (Å²) in [7, 11) is -4.91. The van der Waals surface area contributed by atoms with Crippen LogP contribution in [0.3, 0.4) is 0 Å². The number of fused-ring (bicyclic) bond motifs is 1. The molecule has 3 rings (SSSR count). The number of phosphoric ester groups is 1. The van der Waals surface area contributed by atoms with Crippen LogP contribution in [0.1, 0.15) is 6.23 Å². The first-order valence-electron chi connectivity index (χ1n) is 6.43. The van der Waals surface area contributed by atoms with Crippen molar-refractivity contribution in [2.75, 3.05) is 12.3 Å². The number of hydrogen-bond acceptors (Lipinski definition) is 9. The second-order valence-electron chi connectivity index (χ2n) is 4.88. The number of imidazole rings is 1. The van der Waals surface area contributed by atoms with Crippen molar-refractivity contribution >= 4 is 24.8 Å². The number of phosphoric acid groups is 1. The number of nitrogen functional groups attached to an aromatic ring is 1. The van der Waals surface area contributed by atoms with Gasteiger partial charge in [0.25, 0.3) is 0 Å². The standard InChI is InChI=1S/C10H14N5O7P/c11-8-5-9(13-2-12-8)15(3-14-5)10-7(22-23(18,19)20)6(17)4(1-16)21-10/h2-4,6-7,10,16-17H,1H2,(H2,11,12,13)(H2,18,19,20)/t4-,6+,7?,10-/m1/s1. The molecule has 0 aromatic carbocycles. The Balaban J connectivity index is 2.04. The van der Waals surface area contributed by atoms with Gasteiger partial charge in [0.1, 0.15) is 30.2 Å². The van der Waals surface area contributed by atoms with Crippen LogP contribution in [0.4, 0.5) is 5.82 Å². The summed E-state index contributed by atoms with van der Waals surface area (Å²) in [6.07, 6.45) is -2.72. The molecule has 1 fully saturated rings. The fourth-order valence-corrected chi connectivity index (χ4v) is 2.97. The van der Waals surface area contributed by atoms with E-state index in [0.29, 0.717) is 0 Å². The van der Waals surface area contributed by atoms with Crippen LogP contribution in [0.25, 0.3) is 11.2 Å². The monoisotopic (exact) mass is 347 g/mol. The number of aliphatic hydroxyl groups excluding tert-OH is 2. The number of nitrogens with two attached hydrogens (primary N) is 1. The predicted molar refractivity (Wildman–Crippen MR) is 73.7 cm³/mol. The van der Waals surface area contributed by atoms with E-state index in [4.69, 9.17) is 20.3 Å². The average Bonchev–Trinajstić information content (AvgIpc) is 3.01. The molecule has 0 radical (unpaired) electrons. The Morgan fingerprint density at radius 2 is 2.13 bits per heavy atom. The Morgan fingerprint density at radius 1 is 1.39 bits per heavy atom. The first-order chi connectivity index (χ1) is 10.8. The number of aromatic nitrogens is 4. The smallest absolute Gasteiger partial charge is 0.394 e. The summed E-state index contributed by atoms with van der Waals surface area (Å²) in [6, 6.07) is 0. The Hall–Kier alpha value is -1.66. The Morgan fingerprint density at radius 3 is 2.78 bits per heavy atom. The third-order valence-electron chi connectivity index (χ3n) is 3.41. The number of rotatable bonds is 4. The fourth-order valence-electron chi connectivity index (χ4n) is 2.42. The van der Waals surface area contributed by atoms with Crippen molar-refractivity contribution in [1.29, 1.82) is 0 Å². The number of hydrogen-bond donors (Lipinski definition) is 5. The van der Waals surface area contributed by atoms with E-state index in [9.17, 15) is 14.8 Å². The van der Waals surface area contributed by atoms with Crippen LogP contribution in [-0.2, 0) is 13.8 Å². The summed E-state index contributed by atoms with van der Waals surface area (Å²) < 4.78 is 22.5. The van der Waals surface area contributed by atoms with Gasteiger partial charge in [-0.15, -0.1) is 0 Å². The minimum absolute atomic E-state index is 0.110. The Bertz CT molecular complexity index is 763. The van der Waals surface area contributed by atoms with E-state index in [2.05, 4.69) is 19.5 Å². The van der Waals surface area contributed by atoms with E-state index in [1.165, 1.54) is 17.2 Å². The zero-order valence-electron chi connectivity index (χ0n) is 11.5. The van der Waals surface area contributed by atoms with Gasteiger partial charge in [-0.1, -0.05) is 0 Å². The van der Waals surface area contributed by atoms with Crippen molar-refractivity contribution in [1.82, 2.24) is 19.5 Å². The molecule has 2 aromatic heterocycles. The van der Waals surface area contributed by atoms with Gasteiger partial charge in [0, 0.05) is 0 Å². The topological polar surface area (TPSA) is 186 Å². The molecule has 13 heteroatoms. The molecule has 1 unspecified atom stereocenters. The molecule has 4 atom stereocenters. The summed E-state index contributed by atoms with van der Waals surface area (Å²) in [6.45, 7) is -0.567. The summed E-state index contributed by atoms with van der Waals surface area (Å²) in [5.74, 6) is 0.110. The zero-order chi connectivity index (χ0) is 16.8. The van der Waals surface area contributed by atoms with Gasteiger partial charge in [0.15, 0.2) is 17.7 Å². The molecule has 6 N–H and O–H groups in total. The maximum atomic E-state index is 11.1. The van der Waals surface area contributed by atoms with Gasteiger partial charge in [0.2, 0.25) is 0 Å². The molecule has 23 heavy (non-hydrogen) atoms. The second kappa shape index (κ2) is 5.76. The number of ether oxygens (including phenoxy) is 1. The predicted octanol–water partition coefficient (Wildman–Crippen LogP) is -1.86. The largest absolute Gasteiger partial charge is 0.470 e.